The zero-order valence-corrected chi connectivity index (χ0v) is 13.6. The van der Waals surface area contributed by atoms with Gasteiger partial charge in [-0.15, -0.1) is 0 Å². The molecule has 1 fully saturated rings. The minimum atomic E-state index is 0.136. The van der Waals surface area contributed by atoms with Crippen LogP contribution in [0.25, 0.3) is 0 Å². The molecule has 0 saturated carbocycles. The van der Waals surface area contributed by atoms with Gasteiger partial charge in [-0.05, 0) is 57.8 Å². The van der Waals surface area contributed by atoms with Crippen molar-refractivity contribution >= 4 is 11.4 Å². The van der Waals surface area contributed by atoms with Gasteiger partial charge in [0.1, 0.15) is 5.75 Å². The molecule has 2 rings (SSSR count). The number of nitrogens with one attached hydrogen (secondary N) is 1. The molecule has 1 unspecified atom stereocenters. The maximum Gasteiger partial charge on any atom is 0.144 e. The quantitative estimate of drug-likeness (QED) is 0.758. The largest absolute Gasteiger partial charge is 0.489 e. The summed E-state index contributed by atoms with van der Waals surface area (Å²) < 4.78 is 5.73. The van der Waals surface area contributed by atoms with Crippen molar-refractivity contribution in [2.75, 3.05) is 37.2 Å². The van der Waals surface area contributed by atoms with Crippen LogP contribution in [0.1, 0.15) is 33.6 Å². The Hall–Kier alpha value is -1.42. The maximum absolute atomic E-state index is 5.94. The van der Waals surface area contributed by atoms with Gasteiger partial charge < -0.3 is 20.7 Å². The molecule has 0 aliphatic carbocycles. The van der Waals surface area contributed by atoms with Gasteiger partial charge in [0.2, 0.25) is 0 Å². The summed E-state index contributed by atoms with van der Waals surface area (Å²) in [5.74, 6) is 1.40. The fourth-order valence-corrected chi connectivity index (χ4v) is 2.76. The van der Waals surface area contributed by atoms with Crippen molar-refractivity contribution in [2.45, 2.75) is 39.7 Å². The number of anilines is 2. The molecule has 0 spiro atoms. The van der Waals surface area contributed by atoms with Crippen LogP contribution >= 0.6 is 0 Å². The maximum atomic E-state index is 5.94. The summed E-state index contributed by atoms with van der Waals surface area (Å²) in [5, 5.41) is 3.50. The van der Waals surface area contributed by atoms with Crippen LogP contribution in [0.2, 0.25) is 0 Å². The minimum absolute atomic E-state index is 0.136. The van der Waals surface area contributed by atoms with E-state index in [-0.39, 0.29) is 6.10 Å². The topological polar surface area (TPSA) is 50.5 Å². The molecule has 21 heavy (non-hydrogen) atoms. The van der Waals surface area contributed by atoms with Crippen molar-refractivity contribution in [1.29, 1.82) is 0 Å². The van der Waals surface area contributed by atoms with Crippen molar-refractivity contribution in [1.82, 2.24) is 4.90 Å². The van der Waals surface area contributed by atoms with Crippen molar-refractivity contribution in [3.8, 4) is 5.75 Å². The van der Waals surface area contributed by atoms with Gasteiger partial charge in [0.05, 0.1) is 11.8 Å². The SMILES string of the molecule is CC(CNc1ccc(N)c(OC(C)C)c1)CN1CCCC1. The molecule has 1 aliphatic heterocycles. The predicted molar refractivity (Wildman–Crippen MR) is 89.9 cm³/mol. The Balaban J connectivity index is 1.84. The van der Waals surface area contributed by atoms with E-state index in [0.29, 0.717) is 11.6 Å². The first-order chi connectivity index (χ1) is 10.0. The fraction of sp³-hybridized carbons (Fsp3) is 0.647. The van der Waals surface area contributed by atoms with Gasteiger partial charge in [-0.1, -0.05) is 6.92 Å². The fourth-order valence-electron chi connectivity index (χ4n) is 2.76. The summed E-state index contributed by atoms with van der Waals surface area (Å²) in [5.41, 5.74) is 7.71. The van der Waals surface area contributed by atoms with Gasteiger partial charge in [-0.25, -0.2) is 0 Å². The molecule has 1 heterocycles. The van der Waals surface area contributed by atoms with Crippen molar-refractivity contribution in [3.63, 3.8) is 0 Å². The highest BCUT2D eigenvalue weighted by atomic mass is 16.5. The number of hydrogen-bond donors (Lipinski definition) is 2. The third-order valence-electron chi connectivity index (χ3n) is 3.80. The van der Waals surface area contributed by atoms with E-state index in [1.165, 1.54) is 32.5 Å². The molecule has 1 aromatic carbocycles. The first-order valence-corrected chi connectivity index (χ1v) is 8.07. The second kappa shape index (κ2) is 7.55. The Morgan fingerprint density at radius 2 is 1.95 bits per heavy atom. The van der Waals surface area contributed by atoms with Crippen LogP contribution in [0, 0.1) is 5.92 Å². The summed E-state index contributed by atoms with van der Waals surface area (Å²) in [6, 6.07) is 5.92. The Morgan fingerprint density at radius 1 is 1.24 bits per heavy atom. The summed E-state index contributed by atoms with van der Waals surface area (Å²) >= 11 is 0. The van der Waals surface area contributed by atoms with E-state index in [1.54, 1.807) is 0 Å². The van der Waals surface area contributed by atoms with E-state index in [9.17, 15) is 0 Å². The van der Waals surface area contributed by atoms with Crippen molar-refractivity contribution < 1.29 is 4.74 Å². The molecule has 4 nitrogen and oxygen atoms in total. The Bertz CT molecular complexity index is 442. The molecule has 118 valence electrons. The highest BCUT2D eigenvalue weighted by molar-refractivity contribution is 5.61. The third-order valence-corrected chi connectivity index (χ3v) is 3.80. The second-order valence-electron chi connectivity index (χ2n) is 6.41. The summed E-state index contributed by atoms with van der Waals surface area (Å²) in [6.07, 6.45) is 2.85. The molecular weight excluding hydrogens is 262 g/mol. The van der Waals surface area contributed by atoms with Crippen LogP contribution in [0.3, 0.4) is 0 Å². The van der Waals surface area contributed by atoms with E-state index in [2.05, 4.69) is 17.1 Å². The van der Waals surface area contributed by atoms with Gasteiger partial charge >= 0.3 is 0 Å². The highest BCUT2D eigenvalue weighted by Crippen LogP contribution is 2.26. The molecule has 0 radical (unpaired) electrons. The average molecular weight is 291 g/mol. The van der Waals surface area contributed by atoms with Gasteiger partial charge in [0.15, 0.2) is 0 Å². The lowest BCUT2D eigenvalue weighted by Crippen LogP contribution is -2.28. The van der Waals surface area contributed by atoms with E-state index in [1.807, 2.05) is 32.0 Å². The Kier molecular flexibility index (Phi) is 5.74. The van der Waals surface area contributed by atoms with Gasteiger partial charge in [-0.2, -0.15) is 0 Å². The van der Waals surface area contributed by atoms with Gasteiger partial charge in [-0.3, -0.25) is 0 Å². The lowest BCUT2D eigenvalue weighted by molar-refractivity contribution is 0.244. The molecule has 4 heteroatoms. The lowest BCUT2D eigenvalue weighted by atomic mass is 10.1. The molecule has 1 saturated heterocycles. The smallest absolute Gasteiger partial charge is 0.144 e. The first-order valence-electron chi connectivity index (χ1n) is 8.07. The lowest BCUT2D eigenvalue weighted by Gasteiger charge is -2.21. The summed E-state index contributed by atoms with van der Waals surface area (Å²) in [4.78, 5) is 2.56. The number of nitrogens with two attached hydrogens (primary N) is 1. The van der Waals surface area contributed by atoms with Crippen LogP contribution in [0.5, 0.6) is 5.75 Å². The number of benzene rings is 1. The monoisotopic (exact) mass is 291 g/mol. The number of nitrogens with zero attached hydrogens (tertiary/aromatic N) is 1. The highest BCUT2D eigenvalue weighted by Gasteiger charge is 2.14. The van der Waals surface area contributed by atoms with Crippen molar-refractivity contribution in [3.05, 3.63) is 18.2 Å². The third kappa shape index (κ3) is 5.12. The zero-order valence-electron chi connectivity index (χ0n) is 13.6. The zero-order chi connectivity index (χ0) is 15.2. The average Bonchev–Trinajstić information content (AvgIpc) is 2.92. The number of rotatable bonds is 7. The normalized spacial score (nSPS) is 17.1. The van der Waals surface area contributed by atoms with Gasteiger partial charge in [0, 0.05) is 24.8 Å². The number of nitrogen functional groups attached to an aromatic ring is 1. The van der Waals surface area contributed by atoms with E-state index in [0.717, 1.165) is 18.0 Å². The summed E-state index contributed by atoms with van der Waals surface area (Å²) in [7, 11) is 0. The van der Waals surface area contributed by atoms with Crippen LogP contribution < -0.4 is 15.8 Å². The molecule has 1 aromatic rings. The van der Waals surface area contributed by atoms with E-state index >= 15 is 0 Å². The number of ether oxygens (including phenoxy) is 1. The van der Waals surface area contributed by atoms with Crippen LogP contribution in [-0.2, 0) is 0 Å². The van der Waals surface area contributed by atoms with Crippen molar-refractivity contribution in [2.24, 2.45) is 5.92 Å². The molecule has 3 N–H and O–H groups in total. The molecular formula is C17H29N3O. The molecule has 1 atom stereocenters. The molecule has 0 amide bonds. The second-order valence-corrected chi connectivity index (χ2v) is 6.41. The van der Waals surface area contributed by atoms with E-state index in [4.69, 9.17) is 10.5 Å². The van der Waals surface area contributed by atoms with E-state index < -0.39 is 0 Å². The minimum Gasteiger partial charge on any atom is -0.489 e. The predicted octanol–water partition coefficient (Wildman–Crippen LogP) is 3.20. The Morgan fingerprint density at radius 3 is 2.62 bits per heavy atom. The van der Waals surface area contributed by atoms with Crippen LogP contribution in [-0.4, -0.2) is 37.2 Å². The number of hydrogen-bond acceptors (Lipinski definition) is 4. The Labute approximate surface area is 128 Å². The standard InChI is InChI=1S/C17H29N3O/c1-13(2)21-17-10-15(6-7-16(17)18)19-11-14(3)12-20-8-4-5-9-20/h6-7,10,13-14,19H,4-5,8-9,11-12,18H2,1-3H3. The summed E-state index contributed by atoms with van der Waals surface area (Å²) in [6.45, 7) is 11.0. The number of likely N-dealkylation sites (tertiary alicyclic amines) is 1. The molecule has 1 aliphatic rings. The van der Waals surface area contributed by atoms with Gasteiger partial charge in [0.25, 0.3) is 0 Å². The molecule has 0 bridgehead atoms. The first kappa shape index (κ1) is 16.0. The van der Waals surface area contributed by atoms with Crippen LogP contribution in [0.15, 0.2) is 18.2 Å². The molecule has 0 aromatic heterocycles. The van der Waals surface area contributed by atoms with Crippen LogP contribution in [0.4, 0.5) is 11.4 Å².